The van der Waals surface area contributed by atoms with E-state index in [1.165, 1.54) is 0 Å². The van der Waals surface area contributed by atoms with Gasteiger partial charge in [-0.05, 0) is 18.2 Å². The average molecular weight is 262 g/mol. The number of nitrogens with zero attached hydrogens (tertiary/aromatic N) is 3. The first-order valence-corrected chi connectivity index (χ1v) is 6.13. The molecule has 1 aliphatic rings. The van der Waals surface area contributed by atoms with Gasteiger partial charge < -0.3 is 4.74 Å². The standard InChI is InChI=1S/C13H12ClN3O/c1-13(7-18-8-13)6-17-12-3-2-9(14)4-10(12)11(5-15)16-17/h2-4H,6-8H2,1H3. The molecule has 0 spiro atoms. The summed E-state index contributed by atoms with van der Waals surface area (Å²) >= 11 is 5.96. The van der Waals surface area contributed by atoms with Crippen molar-refractivity contribution >= 4 is 22.5 Å². The smallest absolute Gasteiger partial charge is 0.170 e. The van der Waals surface area contributed by atoms with Crippen LogP contribution in [0.15, 0.2) is 18.2 Å². The molecule has 18 heavy (non-hydrogen) atoms. The van der Waals surface area contributed by atoms with Gasteiger partial charge in [0, 0.05) is 15.8 Å². The molecule has 92 valence electrons. The largest absolute Gasteiger partial charge is 0.380 e. The van der Waals surface area contributed by atoms with E-state index < -0.39 is 0 Å². The molecular weight excluding hydrogens is 250 g/mol. The third-order valence-corrected chi connectivity index (χ3v) is 3.49. The molecule has 1 aromatic heterocycles. The molecule has 1 saturated heterocycles. The van der Waals surface area contributed by atoms with Gasteiger partial charge >= 0.3 is 0 Å². The van der Waals surface area contributed by atoms with Crippen LogP contribution < -0.4 is 0 Å². The fraction of sp³-hybridized carbons (Fsp3) is 0.385. The minimum Gasteiger partial charge on any atom is -0.380 e. The number of ether oxygens (including phenoxy) is 1. The van der Waals surface area contributed by atoms with E-state index in [2.05, 4.69) is 18.1 Å². The van der Waals surface area contributed by atoms with Gasteiger partial charge in [0.2, 0.25) is 0 Å². The van der Waals surface area contributed by atoms with E-state index in [9.17, 15) is 0 Å². The number of fused-ring (bicyclic) bond motifs is 1. The molecule has 0 aliphatic carbocycles. The first-order chi connectivity index (χ1) is 8.61. The van der Waals surface area contributed by atoms with Crippen LogP contribution in [0.5, 0.6) is 0 Å². The summed E-state index contributed by atoms with van der Waals surface area (Å²) in [6.45, 7) is 4.40. The summed E-state index contributed by atoms with van der Waals surface area (Å²) in [6.07, 6.45) is 0. The Bertz CT molecular complexity index is 652. The topological polar surface area (TPSA) is 50.8 Å². The van der Waals surface area contributed by atoms with Crippen LogP contribution in [0.3, 0.4) is 0 Å². The van der Waals surface area contributed by atoms with Gasteiger partial charge in [-0.2, -0.15) is 10.4 Å². The van der Waals surface area contributed by atoms with Crippen LogP contribution >= 0.6 is 11.6 Å². The van der Waals surface area contributed by atoms with E-state index in [4.69, 9.17) is 21.6 Å². The van der Waals surface area contributed by atoms with Crippen LogP contribution in [0.4, 0.5) is 0 Å². The Morgan fingerprint density at radius 2 is 2.33 bits per heavy atom. The summed E-state index contributed by atoms with van der Waals surface area (Å²) in [5.41, 5.74) is 1.49. The number of rotatable bonds is 2. The number of hydrogen-bond acceptors (Lipinski definition) is 3. The summed E-state index contributed by atoms with van der Waals surface area (Å²) in [7, 11) is 0. The monoisotopic (exact) mass is 261 g/mol. The minimum atomic E-state index is 0.116. The normalized spacial score (nSPS) is 17.4. The van der Waals surface area contributed by atoms with Gasteiger partial charge in [0.15, 0.2) is 5.69 Å². The molecule has 0 amide bonds. The van der Waals surface area contributed by atoms with E-state index in [0.29, 0.717) is 10.7 Å². The molecule has 5 heteroatoms. The Labute approximate surface area is 110 Å². The Kier molecular flexibility index (Phi) is 2.54. The average Bonchev–Trinajstić information content (AvgIpc) is 2.64. The first-order valence-electron chi connectivity index (χ1n) is 5.75. The highest BCUT2D eigenvalue weighted by molar-refractivity contribution is 6.31. The molecule has 1 aromatic carbocycles. The van der Waals surface area contributed by atoms with E-state index >= 15 is 0 Å². The van der Waals surface area contributed by atoms with Crippen molar-refractivity contribution in [1.82, 2.24) is 9.78 Å². The molecule has 1 aliphatic heterocycles. The molecule has 4 nitrogen and oxygen atoms in total. The van der Waals surface area contributed by atoms with Crippen molar-refractivity contribution in [2.24, 2.45) is 5.41 Å². The van der Waals surface area contributed by atoms with Gasteiger partial charge in [0.25, 0.3) is 0 Å². The first kappa shape index (κ1) is 11.5. The highest BCUT2D eigenvalue weighted by atomic mass is 35.5. The maximum absolute atomic E-state index is 9.12. The molecule has 0 bridgehead atoms. The Morgan fingerprint density at radius 3 is 2.94 bits per heavy atom. The molecule has 0 atom stereocenters. The van der Waals surface area contributed by atoms with Crippen molar-refractivity contribution in [1.29, 1.82) is 5.26 Å². The Balaban J connectivity index is 2.10. The number of hydrogen-bond donors (Lipinski definition) is 0. The zero-order valence-electron chi connectivity index (χ0n) is 9.98. The third-order valence-electron chi connectivity index (χ3n) is 3.25. The van der Waals surface area contributed by atoms with Gasteiger partial charge in [-0.1, -0.05) is 18.5 Å². The summed E-state index contributed by atoms with van der Waals surface area (Å²) in [5, 5.41) is 14.9. The molecule has 3 rings (SSSR count). The fourth-order valence-electron chi connectivity index (χ4n) is 2.26. The predicted octanol–water partition coefficient (Wildman–Crippen LogP) is 2.60. The highest BCUT2D eigenvalue weighted by Gasteiger charge is 2.34. The maximum Gasteiger partial charge on any atom is 0.170 e. The lowest BCUT2D eigenvalue weighted by atomic mass is 9.89. The number of aromatic nitrogens is 2. The Morgan fingerprint density at radius 1 is 1.56 bits per heavy atom. The van der Waals surface area contributed by atoms with E-state index in [0.717, 1.165) is 30.7 Å². The van der Waals surface area contributed by atoms with Gasteiger partial charge in [0.05, 0.1) is 25.3 Å². The van der Waals surface area contributed by atoms with Crippen LogP contribution in [-0.4, -0.2) is 23.0 Å². The summed E-state index contributed by atoms with van der Waals surface area (Å²) in [6, 6.07) is 7.64. The predicted molar refractivity (Wildman–Crippen MR) is 68.4 cm³/mol. The molecule has 0 unspecified atom stereocenters. The number of halogens is 1. The lowest BCUT2D eigenvalue weighted by Gasteiger charge is -2.37. The molecule has 2 heterocycles. The van der Waals surface area contributed by atoms with Crippen LogP contribution in [-0.2, 0) is 11.3 Å². The summed E-state index contributed by atoms with van der Waals surface area (Å²) in [4.78, 5) is 0. The second-order valence-corrected chi connectivity index (χ2v) is 5.52. The van der Waals surface area contributed by atoms with Crippen LogP contribution in [0.2, 0.25) is 5.02 Å². The fourth-order valence-corrected chi connectivity index (χ4v) is 2.43. The van der Waals surface area contributed by atoms with E-state index in [-0.39, 0.29) is 5.41 Å². The third kappa shape index (κ3) is 1.76. The van der Waals surface area contributed by atoms with Gasteiger partial charge in [0.1, 0.15) is 6.07 Å². The van der Waals surface area contributed by atoms with Crippen molar-refractivity contribution in [3.63, 3.8) is 0 Å². The van der Waals surface area contributed by atoms with Crippen molar-refractivity contribution in [3.05, 3.63) is 28.9 Å². The number of nitriles is 1. The van der Waals surface area contributed by atoms with E-state index in [1.54, 1.807) is 6.07 Å². The molecule has 1 fully saturated rings. The molecule has 0 saturated carbocycles. The molecule has 0 N–H and O–H groups in total. The van der Waals surface area contributed by atoms with E-state index in [1.807, 2.05) is 16.8 Å². The molecular formula is C13H12ClN3O. The summed E-state index contributed by atoms with van der Waals surface area (Å²) in [5.74, 6) is 0. The highest BCUT2D eigenvalue weighted by Crippen LogP contribution is 2.31. The van der Waals surface area contributed by atoms with Crippen molar-refractivity contribution in [2.45, 2.75) is 13.5 Å². The minimum absolute atomic E-state index is 0.116. The quantitative estimate of drug-likeness (QED) is 0.835. The van der Waals surface area contributed by atoms with Crippen LogP contribution in [0.25, 0.3) is 10.9 Å². The van der Waals surface area contributed by atoms with Crippen molar-refractivity contribution in [2.75, 3.05) is 13.2 Å². The second kappa shape index (κ2) is 3.98. The lowest BCUT2D eigenvalue weighted by molar-refractivity contribution is -0.111. The van der Waals surface area contributed by atoms with Crippen molar-refractivity contribution < 1.29 is 4.74 Å². The summed E-state index contributed by atoms with van der Waals surface area (Å²) < 4.78 is 7.13. The van der Waals surface area contributed by atoms with Gasteiger partial charge in [-0.3, -0.25) is 4.68 Å². The second-order valence-electron chi connectivity index (χ2n) is 5.08. The molecule has 2 aromatic rings. The maximum atomic E-state index is 9.12. The van der Waals surface area contributed by atoms with Crippen LogP contribution in [0, 0.1) is 16.7 Å². The lowest BCUT2D eigenvalue weighted by Crippen LogP contribution is -2.43. The molecule has 0 radical (unpaired) electrons. The van der Waals surface area contributed by atoms with Gasteiger partial charge in [-0.25, -0.2) is 0 Å². The van der Waals surface area contributed by atoms with Gasteiger partial charge in [-0.15, -0.1) is 0 Å². The number of benzene rings is 1. The zero-order chi connectivity index (χ0) is 12.8. The zero-order valence-corrected chi connectivity index (χ0v) is 10.7. The SMILES string of the molecule is CC1(Cn2nc(C#N)c3cc(Cl)ccc32)COC1. The Hall–Kier alpha value is -1.57. The van der Waals surface area contributed by atoms with Crippen LogP contribution in [0.1, 0.15) is 12.6 Å². The van der Waals surface area contributed by atoms with Crippen molar-refractivity contribution in [3.8, 4) is 6.07 Å².